The zero-order valence-electron chi connectivity index (χ0n) is 9.47. The molecule has 83 valence electrons. The standard InChI is InChI=1S/C10H12O4S.Na/c1-3-4-8-5-6-9(14-2)10(7-8)15(11,12)13;/h3-7H,1-2H3,(H,11,12,13);. The molecule has 1 radical (unpaired) electrons. The molecule has 1 rings (SSSR count). The minimum atomic E-state index is -4.25. The van der Waals surface area contributed by atoms with Crippen LogP contribution in [0.2, 0.25) is 0 Å². The topological polar surface area (TPSA) is 63.6 Å². The molecule has 0 aromatic heterocycles. The fourth-order valence-electron chi connectivity index (χ4n) is 1.19. The van der Waals surface area contributed by atoms with Gasteiger partial charge in [-0.2, -0.15) is 8.42 Å². The summed E-state index contributed by atoms with van der Waals surface area (Å²) in [5.41, 5.74) is 0.686. The van der Waals surface area contributed by atoms with Gasteiger partial charge in [-0.3, -0.25) is 4.55 Å². The maximum Gasteiger partial charge on any atom is 0.298 e. The zero-order chi connectivity index (χ0) is 11.5. The fourth-order valence-corrected chi connectivity index (χ4v) is 1.88. The van der Waals surface area contributed by atoms with Gasteiger partial charge in [0.25, 0.3) is 10.1 Å². The van der Waals surface area contributed by atoms with E-state index >= 15 is 0 Å². The molecule has 0 amide bonds. The molecule has 0 saturated carbocycles. The third kappa shape index (κ3) is 3.92. The molecule has 1 N–H and O–H groups in total. The first-order chi connectivity index (χ1) is 6.99. The summed E-state index contributed by atoms with van der Waals surface area (Å²) < 4.78 is 35.8. The minimum Gasteiger partial charge on any atom is -0.495 e. The maximum absolute atomic E-state index is 11.0. The van der Waals surface area contributed by atoms with Crippen LogP contribution in [0.3, 0.4) is 0 Å². The Morgan fingerprint density at radius 2 is 2.00 bits per heavy atom. The Labute approximate surface area is 117 Å². The number of methoxy groups -OCH3 is 1. The van der Waals surface area contributed by atoms with Gasteiger partial charge in [0.2, 0.25) is 0 Å². The van der Waals surface area contributed by atoms with E-state index in [2.05, 4.69) is 0 Å². The summed E-state index contributed by atoms with van der Waals surface area (Å²) in [7, 11) is -2.90. The van der Waals surface area contributed by atoms with E-state index in [9.17, 15) is 8.42 Å². The number of hydrogen-bond acceptors (Lipinski definition) is 3. The van der Waals surface area contributed by atoms with Crippen molar-refractivity contribution in [2.45, 2.75) is 11.8 Å². The molecule has 16 heavy (non-hydrogen) atoms. The van der Waals surface area contributed by atoms with Gasteiger partial charge in [-0.25, -0.2) is 0 Å². The Morgan fingerprint density at radius 3 is 2.44 bits per heavy atom. The van der Waals surface area contributed by atoms with Gasteiger partial charge in [-0.15, -0.1) is 0 Å². The van der Waals surface area contributed by atoms with Crippen LogP contribution in [0.1, 0.15) is 12.5 Å². The summed E-state index contributed by atoms with van der Waals surface area (Å²) >= 11 is 0. The van der Waals surface area contributed by atoms with E-state index in [-0.39, 0.29) is 40.2 Å². The van der Waals surface area contributed by atoms with Crippen molar-refractivity contribution in [2.75, 3.05) is 7.11 Å². The SMILES string of the molecule is CC=Cc1ccc(OC)c(S(=O)(=O)O)c1.[Na]. The smallest absolute Gasteiger partial charge is 0.298 e. The molecule has 0 aliphatic heterocycles. The Morgan fingerprint density at radius 1 is 1.38 bits per heavy atom. The molecule has 0 spiro atoms. The van der Waals surface area contributed by atoms with Crippen molar-refractivity contribution in [2.24, 2.45) is 0 Å². The van der Waals surface area contributed by atoms with Crippen LogP contribution < -0.4 is 4.74 Å². The monoisotopic (exact) mass is 251 g/mol. The van der Waals surface area contributed by atoms with Crippen molar-refractivity contribution in [1.82, 2.24) is 0 Å². The molecule has 1 aromatic rings. The van der Waals surface area contributed by atoms with Crippen LogP contribution in [0.15, 0.2) is 29.2 Å². The van der Waals surface area contributed by atoms with Crippen LogP contribution in [0.4, 0.5) is 0 Å². The first-order valence-corrected chi connectivity index (χ1v) is 5.71. The molecule has 0 heterocycles. The van der Waals surface area contributed by atoms with Crippen LogP contribution in [-0.2, 0) is 10.1 Å². The number of allylic oxidation sites excluding steroid dienone is 1. The van der Waals surface area contributed by atoms with Crippen molar-refractivity contribution < 1.29 is 17.7 Å². The van der Waals surface area contributed by atoms with Crippen LogP contribution >= 0.6 is 0 Å². The quantitative estimate of drug-likeness (QED) is 0.654. The first kappa shape index (κ1) is 15.7. The van der Waals surface area contributed by atoms with Gasteiger partial charge in [0.15, 0.2) is 0 Å². The minimum absolute atomic E-state index is 0. The summed E-state index contributed by atoms with van der Waals surface area (Å²) in [6, 6.07) is 4.56. The van der Waals surface area contributed by atoms with Crippen molar-refractivity contribution in [3.05, 3.63) is 29.8 Å². The molecule has 0 bridgehead atoms. The summed E-state index contributed by atoms with van der Waals surface area (Å²) in [5.74, 6) is 0.130. The molecule has 0 fully saturated rings. The Kier molecular flexibility index (Phi) is 6.28. The molecule has 0 saturated heterocycles. The molecular formula is C10H12NaO4S. The zero-order valence-corrected chi connectivity index (χ0v) is 12.3. The van der Waals surface area contributed by atoms with Crippen molar-refractivity contribution in [3.8, 4) is 5.75 Å². The largest absolute Gasteiger partial charge is 0.495 e. The van der Waals surface area contributed by atoms with Crippen molar-refractivity contribution in [3.63, 3.8) is 0 Å². The van der Waals surface area contributed by atoms with E-state index in [0.717, 1.165) is 0 Å². The van der Waals surface area contributed by atoms with E-state index in [1.165, 1.54) is 19.2 Å². The molecule has 0 aliphatic rings. The van der Waals surface area contributed by atoms with Crippen LogP contribution in [0.25, 0.3) is 6.08 Å². The Hall–Kier alpha value is -0.330. The number of hydrogen-bond donors (Lipinski definition) is 1. The molecule has 0 unspecified atom stereocenters. The average molecular weight is 251 g/mol. The predicted molar refractivity (Wildman–Crippen MR) is 63.3 cm³/mol. The Balaban J connectivity index is 0.00000225. The van der Waals surface area contributed by atoms with E-state index in [4.69, 9.17) is 9.29 Å². The number of rotatable bonds is 3. The molecule has 4 nitrogen and oxygen atoms in total. The average Bonchev–Trinajstić information content (AvgIpc) is 2.17. The van der Waals surface area contributed by atoms with Gasteiger partial charge in [0.1, 0.15) is 10.6 Å². The Bertz CT molecular complexity index is 480. The third-order valence-electron chi connectivity index (χ3n) is 1.82. The number of benzene rings is 1. The van der Waals surface area contributed by atoms with Crippen LogP contribution in [0.5, 0.6) is 5.75 Å². The molecular weight excluding hydrogens is 239 g/mol. The second-order valence-corrected chi connectivity index (χ2v) is 4.28. The van der Waals surface area contributed by atoms with Crippen molar-refractivity contribution >= 4 is 45.8 Å². The van der Waals surface area contributed by atoms with Gasteiger partial charge in [-0.1, -0.05) is 18.2 Å². The van der Waals surface area contributed by atoms with E-state index in [1.54, 1.807) is 18.2 Å². The summed E-state index contributed by atoms with van der Waals surface area (Å²) in [6.07, 6.45) is 3.50. The summed E-state index contributed by atoms with van der Waals surface area (Å²) in [4.78, 5) is -0.222. The second kappa shape index (κ2) is 6.42. The summed E-state index contributed by atoms with van der Waals surface area (Å²) in [5, 5.41) is 0. The van der Waals surface area contributed by atoms with Crippen LogP contribution in [0, 0.1) is 0 Å². The second-order valence-electron chi connectivity index (χ2n) is 2.89. The van der Waals surface area contributed by atoms with Gasteiger partial charge in [-0.05, 0) is 24.6 Å². The fraction of sp³-hybridized carbons (Fsp3) is 0.200. The predicted octanol–water partition coefficient (Wildman–Crippen LogP) is 1.59. The van der Waals surface area contributed by atoms with Crippen LogP contribution in [-0.4, -0.2) is 49.6 Å². The van der Waals surface area contributed by atoms with Gasteiger partial charge in [0, 0.05) is 29.6 Å². The van der Waals surface area contributed by atoms with Crippen molar-refractivity contribution in [1.29, 1.82) is 0 Å². The first-order valence-electron chi connectivity index (χ1n) is 4.27. The van der Waals surface area contributed by atoms with E-state index in [0.29, 0.717) is 5.56 Å². The third-order valence-corrected chi connectivity index (χ3v) is 2.70. The molecule has 0 atom stereocenters. The number of ether oxygens (including phenoxy) is 1. The summed E-state index contributed by atoms with van der Waals surface area (Å²) in [6.45, 7) is 1.82. The van der Waals surface area contributed by atoms with Gasteiger partial charge in [0.05, 0.1) is 7.11 Å². The van der Waals surface area contributed by atoms with Gasteiger partial charge < -0.3 is 4.74 Å². The molecule has 1 aromatic carbocycles. The van der Waals surface area contributed by atoms with E-state index in [1.807, 2.05) is 6.92 Å². The van der Waals surface area contributed by atoms with E-state index < -0.39 is 10.1 Å². The molecule has 6 heteroatoms. The maximum atomic E-state index is 11.0. The molecule has 0 aliphatic carbocycles. The normalized spacial score (nSPS) is 11.2. The van der Waals surface area contributed by atoms with Gasteiger partial charge >= 0.3 is 0 Å².